The fourth-order valence-corrected chi connectivity index (χ4v) is 3.71. The number of carbonyl (C=O) groups excluding carboxylic acids is 2. The van der Waals surface area contributed by atoms with E-state index in [1.165, 1.54) is 26.0 Å². The minimum Gasteiger partial charge on any atom is -0.493 e. The van der Waals surface area contributed by atoms with Crippen LogP contribution in [0.5, 0.6) is 11.5 Å². The first kappa shape index (κ1) is 12.3. The van der Waals surface area contributed by atoms with Crippen molar-refractivity contribution < 1.29 is 23.8 Å². The van der Waals surface area contributed by atoms with Crippen molar-refractivity contribution in [3.05, 3.63) is 17.7 Å². The van der Waals surface area contributed by atoms with Gasteiger partial charge in [0.15, 0.2) is 22.0 Å². The molecule has 100 valence electrons. The summed E-state index contributed by atoms with van der Waals surface area (Å²) in [5, 5.41) is 0. The van der Waals surface area contributed by atoms with E-state index in [1.807, 2.05) is 0 Å². The van der Waals surface area contributed by atoms with Gasteiger partial charge in [-0.2, -0.15) is 0 Å². The number of rotatable bonds is 2. The molecule has 3 rings (SSSR count). The molecule has 1 spiro atoms. The third kappa shape index (κ3) is 1.56. The van der Waals surface area contributed by atoms with E-state index in [0.717, 1.165) is 4.90 Å². The topological polar surface area (TPSA) is 61.8 Å². The lowest BCUT2D eigenvalue weighted by molar-refractivity contribution is -0.138. The van der Waals surface area contributed by atoms with Crippen molar-refractivity contribution in [2.45, 2.75) is 16.1 Å². The molecule has 5 nitrogen and oxygen atoms in total. The summed E-state index contributed by atoms with van der Waals surface area (Å²) in [7, 11) is 3.04. The number of hydrogen-bond acceptors (Lipinski definition) is 6. The average Bonchev–Trinajstić information content (AvgIpc) is 2.92. The van der Waals surface area contributed by atoms with Crippen LogP contribution in [-0.2, 0) is 9.53 Å². The highest BCUT2D eigenvalue weighted by molar-refractivity contribution is 8.03. The van der Waals surface area contributed by atoms with Crippen molar-refractivity contribution in [1.29, 1.82) is 0 Å². The van der Waals surface area contributed by atoms with Gasteiger partial charge in [0.25, 0.3) is 0 Å². The van der Waals surface area contributed by atoms with Gasteiger partial charge >= 0.3 is 5.97 Å². The van der Waals surface area contributed by atoms with E-state index in [1.54, 1.807) is 12.1 Å². The first-order chi connectivity index (χ1) is 9.12. The SMILES string of the molecule is COc1cc2c(cc1OC)C(=O)C1(CCOC1=O)S2. The molecule has 19 heavy (non-hydrogen) atoms. The number of benzene rings is 1. The molecule has 0 saturated carbocycles. The molecule has 1 unspecified atom stereocenters. The largest absolute Gasteiger partial charge is 0.493 e. The number of esters is 1. The first-order valence-electron chi connectivity index (χ1n) is 5.79. The molecule has 0 radical (unpaired) electrons. The number of fused-ring (bicyclic) bond motifs is 1. The second-order valence-corrected chi connectivity index (χ2v) is 5.69. The highest BCUT2D eigenvalue weighted by Gasteiger charge is 2.57. The molecule has 2 aliphatic heterocycles. The lowest BCUT2D eigenvalue weighted by atomic mass is 9.96. The zero-order valence-corrected chi connectivity index (χ0v) is 11.3. The molecule has 0 aromatic heterocycles. The van der Waals surface area contributed by atoms with E-state index in [2.05, 4.69) is 0 Å². The zero-order chi connectivity index (χ0) is 13.6. The number of thioether (sulfide) groups is 1. The van der Waals surface area contributed by atoms with Gasteiger partial charge in [0, 0.05) is 16.9 Å². The Morgan fingerprint density at radius 3 is 2.47 bits per heavy atom. The van der Waals surface area contributed by atoms with E-state index < -0.39 is 10.7 Å². The highest BCUT2D eigenvalue weighted by atomic mass is 32.2. The third-order valence-electron chi connectivity index (χ3n) is 3.40. The number of ketones is 1. The third-order valence-corrected chi connectivity index (χ3v) is 4.86. The van der Waals surface area contributed by atoms with Crippen molar-refractivity contribution in [3.63, 3.8) is 0 Å². The number of Topliss-reactive ketones (excluding diaryl/α,β-unsaturated/α-hetero) is 1. The Bertz CT molecular complexity index is 583. The Kier molecular flexibility index (Phi) is 2.70. The van der Waals surface area contributed by atoms with Crippen LogP contribution in [0.3, 0.4) is 0 Å². The molecule has 0 N–H and O–H groups in total. The molecule has 1 fully saturated rings. The van der Waals surface area contributed by atoms with Crippen molar-refractivity contribution in [1.82, 2.24) is 0 Å². The smallest absolute Gasteiger partial charge is 0.330 e. The van der Waals surface area contributed by atoms with Gasteiger partial charge in [0.2, 0.25) is 0 Å². The fourth-order valence-electron chi connectivity index (χ4n) is 2.38. The molecule has 1 aromatic carbocycles. The maximum absolute atomic E-state index is 12.5. The van der Waals surface area contributed by atoms with Crippen LogP contribution in [-0.4, -0.2) is 37.3 Å². The van der Waals surface area contributed by atoms with Gasteiger partial charge in [-0.3, -0.25) is 9.59 Å². The van der Waals surface area contributed by atoms with E-state index in [4.69, 9.17) is 14.2 Å². The van der Waals surface area contributed by atoms with Gasteiger partial charge in [0.1, 0.15) is 0 Å². The second-order valence-electron chi connectivity index (χ2n) is 4.35. The Morgan fingerprint density at radius 1 is 1.21 bits per heavy atom. The molecule has 1 atom stereocenters. The summed E-state index contributed by atoms with van der Waals surface area (Å²) in [6.07, 6.45) is 0.411. The van der Waals surface area contributed by atoms with Crippen molar-refractivity contribution in [2.24, 2.45) is 0 Å². The Labute approximate surface area is 114 Å². The molecule has 0 aliphatic carbocycles. The maximum Gasteiger partial charge on any atom is 0.330 e. The monoisotopic (exact) mass is 280 g/mol. The van der Waals surface area contributed by atoms with Gasteiger partial charge in [-0.1, -0.05) is 11.8 Å². The van der Waals surface area contributed by atoms with Crippen LogP contribution < -0.4 is 9.47 Å². The molecular formula is C13H12O5S. The van der Waals surface area contributed by atoms with Crippen LogP contribution in [0.1, 0.15) is 16.8 Å². The van der Waals surface area contributed by atoms with Crippen LogP contribution in [0.4, 0.5) is 0 Å². The van der Waals surface area contributed by atoms with Gasteiger partial charge < -0.3 is 14.2 Å². The van der Waals surface area contributed by atoms with E-state index >= 15 is 0 Å². The van der Waals surface area contributed by atoms with Crippen LogP contribution in [0.25, 0.3) is 0 Å². The van der Waals surface area contributed by atoms with Crippen LogP contribution >= 0.6 is 11.8 Å². The fraction of sp³-hybridized carbons (Fsp3) is 0.385. The molecule has 6 heteroatoms. The van der Waals surface area contributed by atoms with E-state index in [0.29, 0.717) is 30.1 Å². The lowest BCUT2D eigenvalue weighted by Crippen LogP contribution is -2.36. The van der Waals surface area contributed by atoms with Gasteiger partial charge in [-0.25, -0.2) is 0 Å². The minimum atomic E-state index is -1.10. The Morgan fingerprint density at radius 2 is 1.89 bits per heavy atom. The molecule has 1 saturated heterocycles. The van der Waals surface area contributed by atoms with Crippen molar-refractivity contribution in [3.8, 4) is 11.5 Å². The quantitative estimate of drug-likeness (QED) is 0.606. The summed E-state index contributed by atoms with van der Waals surface area (Å²) in [6.45, 7) is 0.291. The van der Waals surface area contributed by atoms with Crippen LogP contribution in [0, 0.1) is 0 Å². The Hall–Kier alpha value is -1.69. The number of ether oxygens (including phenoxy) is 3. The lowest BCUT2D eigenvalue weighted by Gasteiger charge is -2.13. The molecule has 2 heterocycles. The van der Waals surface area contributed by atoms with Gasteiger partial charge in [0.05, 0.1) is 20.8 Å². The zero-order valence-electron chi connectivity index (χ0n) is 10.5. The summed E-state index contributed by atoms with van der Waals surface area (Å²) < 4.78 is 14.3. The van der Waals surface area contributed by atoms with Crippen molar-refractivity contribution >= 4 is 23.5 Å². The van der Waals surface area contributed by atoms with E-state index in [9.17, 15) is 9.59 Å². The summed E-state index contributed by atoms with van der Waals surface area (Å²) in [6, 6.07) is 3.36. The summed E-state index contributed by atoms with van der Waals surface area (Å²) in [5.41, 5.74) is 0.501. The number of hydrogen-bond donors (Lipinski definition) is 0. The number of cyclic esters (lactones) is 1. The second kappa shape index (κ2) is 4.16. The van der Waals surface area contributed by atoms with Crippen LogP contribution in [0.2, 0.25) is 0 Å². The molecule has 2 aliphatic rings. The maximum atomic E-state index is 12.5. The summed E-state index contributed by atoms with van der Waals surface area (Å²) in [5.74, 6) is 0.385. The number of methoxy groups -OCH3 is 2. The highest BCUT2D eigenvalue weighted by Crippen LogP contribution is 2.52. The normalized spacial score (nSPS) is 24.5. The molecular weight excluding hydrogens is 268 g/mol. The molecule has 1 aromatic rings. The van der Waals surface area contributed by atoms with Gasteiger partial charge in [-0.05, 0) is 12.1 Å². The number of carbonyl (C=O) groups is 2. The van der Waals surface area contributed by atoms with Crippen molar-refractivity contribution in [2.75, 3.05) is 20.8 Å². The summed E-state index contributed by atoms with van der Waals surface area (Å²) >= 11 is 1.25. The van der Waals surface area contributed by atoms with E-state index in [-0.39, 0.29) is 5.78 Å². The molecule has 0 amide bonds. The summed E-state index contributed by atoms with van der Waals surface area (Å²) in [4.78, 5) is 25.1. The standard InChI is InChI=1S/C13H12O5S/c1-16-8-5-7-10(6-9(8)17-2)19-13(11(7)14)3-4-18-12(13)15/h5-6H,3-4H2,1-2H3. The average molecular weight is 280 g/mol. The van der Waals surface area contributed by atoms with Gasteiger partial charge in [-0.15, -0.1) is 0 Å². The first-order valence-corrected chi connectivity index (χ1v) is 6.61. The predicted octanol–water partition coefficient (Wildman–Crippen LogP) is 1.68. The minimum absolute atomic E-state index is 0.198. The van der Waals surface area contributed by atoms with Crippen LogP contribution in [0.15, 0.2) is 17.0 Å². The Balaban J connectivity index is 2.11. The molecule has 0 bridgehead atoms. The predicted molar refractivity (Wildman–Crippen MR) is 68.0 cm³/mol.